The minimum Gasteiger partial charge on any atom is -0.495 e. The van der Waals surface area contributed by atoms with Gasteiger partial charge in [-0.15, -0.1) is 0 Å². The molecule has 0 atom stereocenters. The van der Waals surface area contributed by atoms with Crippen molar-refractivity contribution in [3.8, 4) is 5.75 Å². The Bertz CT molecular complexity index is 722. The summed E-state index contributed by atoms with van der Waals surface area (Å²) in [6.45, 7) is 0. The van der Waals surface area contributed by atoms with Crippen molar-refractivity contribution in [1.29, 1.82) is 0 Å². The molecular formula is C13H12N2O2. The van der Waals surface area contributed by atoms with E-state index in [1.165, 1.54) is 0 Å². The van der Waals surface area contributed by atoms with Gasteiger partial charge in [0.05, 0.1) is 29.4 Å². The molecule has 0 bridgehead atoms. The number of nitrogens with one attached hydrogen (secondary N) is 1. The summed E-state index contributed by atoms with van der Waals surface area (Å²) < 4.78 is 7.20. The first-order chi connectivity index (χ1) is 8.26. The van der Waals surface area contributed by atoms with E-state index in [1.807, 2.05) is 35.9 Å². The van der Waals surface area contributed by atoms with Crippen LogP contribution in [-0.2, 0) is 7.05 Å². The maximum atomic E-state index is 10.9. The van der Waals surface area contributed by atoms with Gasteiger partial charge >= 0.3 is 0 Å². The van der Waals surface area contributed by atoms with Crippen LogP contribution in [0.2, 0.25) is 0 Å². The van der Waals surface area contributed by atoms with Crippen LogP contribution < -0.4 is 4.74 Å². The molecule has 17 heavy (non-hydrogen) atoms. The number of para-hydroxylation sites is 1. The Balaban J connectivity index is 2.49. The van der Waals surface area contributed by atoms with Gasteiger partial charge in [0.15, 0.2) is 6.29 Å². The highest BCUT2D eigenvalue weighted by atomic mass is 16.5. The zero-order chi connectivity index (χ0) is 12.0. The van der Waals surface area contributed by atoms with Crippen LogP contribution >= 0.6 is 0 Å². The summed E-state index contributed by atoms with van der Waals surface area (Å²) >= 11 is 0. The van der Waals surface area contributed by atoms with Gasteiger partial charge in [0.2, 0.25) is 0 Å². The van der Waals surface area contributed by atoms with E-state index in [9.17, 15) is 4.79 Å². The van der Waals surface area contributed by atoms with Gasteiger partial charge in [-0.2, -0.15) is 0 Å². The highest BCUT2D eigenvalue weighted by Crippen LogP contribution is 2.32. The molecule has 0 fully saturated rings. The first-order valence-electron chi connectivity index (χ1n) is 5.35. The minimum absolute atomic E-state index is 0.663. The third-order valence-electron chi connectivity index (χ3n) is 3.15. The van der Waals surface area contributed by atoms with E-state index >= 15 is 0 Å². The molecule has 0 spiro atoms. The fraction of sp³-hybridized carbons (Fsp3) is 0.154. The van der Waals surface area contributed by atoms with Crippen LogP contribution in [0, 0.1) is 0 Å². The van der Waals surface area contributed by atoms with E-state index < -0.39 is 0 Å². The number of aromatic amines is 1. The number of rotatable bonds is 2. The molecule has 3 aromatic rings. The van der Waals surface area contributed by atoms with E-state index in [-0.39, 0.29) is 0 Å². The molecule has 4 heteroatoms. The second-order valence-corrected chi connectivity index (χ2v) is 4.02. The van der Waals surface area contributed by atoms with Crippen LogP contribution in [0.1, 0.15) is 10.5 Å². The maximum Gasteiger partial charge on any atom is 0.166 e. The van der Waals surface area contributed by atoms with Gasteiger partial charge in [0.1, 0.15) is 5.75 Å². The molecule has 2 aromatic heterocycles. The van der Waals surface area contributed by atoms with Gasteiger partial charge in [0.25, 0.3) is 0 Å². The van der Waals surface area contributed by atoms with Gasteiger partial charge in [-0.3, -0.25) is 4.79 Å². The smallest absolute Gasteiger partial charge is 0.166 e. The molecule has 3 rings (SSSR count). The zero-order valence-electron chi connectivity index (χ0n) is 9.65. The lowest BCUT2D eigenvalue weighted by Gasteiger charge is -2.01. The number of aldehydes is 1. The van der Waals surface area contributed by atoms with Gasteiger partial charge in [-0.25, -0.2) is 0 Å². The SMILES string of the molecule is COc1cccc2c1[nH]c1cc(C=O)n(C)c12. The van der Waals surface area contributed by atoms with Gasteiger partial charge in [-0.05, 0) is 12.1 Å². The predicted octanol–water partition coefficient (Wildman–Crippen LogP) is 2.48. The molecule has 0 radical (unpaired) electrons. The van der Waals surface area contributed by atoms with Crippen molar-refractivity contribution >= 4 is 28.2 Å². The number of methoxy groups -OCH3 is 1. The molecule has 1 N–H and O–H groups in total. The number of hydrogen-bond donors (Lipinski definition) is 1. The Morgan fingerprint density at radius 2 is 2.24 bits per heavy atom. The number of ether oxygens (including phenoxy) is 1. The molecule has 0 aliphatic rings. The van der Waals surface area contributed by atoms with E-state index in [2.05, 4.69) is 4.98 Å². The quantitative estimate of drug-likeness (QED) is 0.685. The second-order valence-electron chi connectivity index (χ2n) is 4.02. The van der Waals surface area contributed by atoms with Crippen molar-refractivity contribution in [2.45, 2.75) is 0 Å². The van der Waals surface area contributed by atoms with Crippen molar-refractivity contribution in [3.63, 3.8) is 0 Å². The van der Waals surface area contributed by atoms with Crippen molar-refractivity contribution in [2.24, 2.45) is 7.05 Å². The standard InChI is InChI=1S/C13H12N2O2/c1-15-8(7-16)6-10-13(15)9-4-3-5-11(17-2)12(9)14-10/h3-7,14H,1-2H3. The first kappa shape index (κ1) is 9.96. The Morgan fingerprint density at radius 3 is 2.94 bits per heavy atom. The molecule has 0 aliphatic carbocycles. The van der Waals surface area contributed by atoms with E-state index in [0.29, 0.717) is 5.69 Å². The molecule has 1 aromatic carbocycles. The number of carbonyl (C=O) groups excluding carboxylic acids is 1. The van der Waals surface area contributed by atoms with Crippen LogP contribution in [0.15, 0.2) is 24.3 Å². The van der Waals surface area contributed by atoms with Crippen molar-refractivity contribution in [3.05, 3.63) is 30.0 Å². The number of hydrogen-bond acceptors (Lipinski definition) is 2. The van der Waals surface area contributed by atoms with Gasteiger partial charge in [0, 0.05) is 12.4 Å². The number of fused-ring (bicyclic) bond motifs is 3. The topological polar surface area (TPSA) is 47.0 Å². The average Bonchev–Trinajstić information content (AvgIpc) is 2.86. The average molecular weight is 228 g/mol. The van der Waals surface area contributed by atoms with Crippen LogP contribution in [-0.4, -0.2) is 22.9 Å². The van der Waals surface area contributed by atoms with Gasteiger partial charge < -0.3 is 14.3 Å². The van der Waals surface area contributed by atoms with E-state index in [1.54, 1.807) is 7.11 Å². The third-order valence-corrected chi connectivity index (χ3v) is 3.15. The van der Waals surface area contributed by atoms with E-state index in [4.69, 9.17) is 4.74 Å². The lowest BCUT2D eigenvalue weighted by molar-refractivity contribution is 0.111. The maximum absolute atomic E-state index is 10.9. The molecular weight excluding hydrogens is 216 g/mol. The minimum atomic E-state index is 0.663. The zero-order valence-corrected chi connectivity index (χ0v) is 9.65. The molecule has 4 nitrogen and oxygen atoms in total. The summed E-state index contributed by atoms with van der Waals surface area (Å²) in [5.41, 5.74) is 3.61. The molecule has 0 aliphatic heterocycles. The Hall–Kier alpha value is -2.23. The molecule has 86 valence electrons. The molecule has 0 saturated heterocycles. The highest BCUT2D eigenvalue weighted by Gasteiger charge is 2.13. The molecule has 0 unspecified atom stereocenters. The number of H-pyrrole nitrogens is 1. The Morgan fingerprint density at radius 1 is 1.41 bits per heavy atom. The van der Waals surface area contributed by atoms with E-state index in [0.717, 1.165) is 34.0 Å². The normalized spacial score (nSPS) is 11.2. The van der Waals surface area contributed by atoms with Crippen LogP contribution in [0.3, 0.4) is 0 Å². The number of aryl methyl sites for hydroxylation is 1. The summed E-state index contributed by atoms with van der Waals surface area (Å²) in [5, 5.41) is 1.06. The highest BCUT2D eigenvalue weighted by molar-refractivity contribution is 6.09. The number of aromatic nitrogens is 2. The molecule has 0 amide bonds. The molecule has 0 saturated carbocycles. The summed E-state index contributed by atoms with van der Waals surface area (Å²) in [6.07, 6.45) is 0.861. The van der Waals surface area contributed by atoms with Crippen LogP contribution in [0.4, 0.5) is 0 Å². The second kappa shape index (κ2) is 3.38. The van der Waals surface area contributed by atoms with Crippen molar-refractivity contribution in [2.75, 3.05) is 7.11 Å². The Kier molecular flexibility index (Phi) is 1.98. The summed E-state index contributed by atoms with van der Waals surface area (Å²) in [4.78, 5) is 14.2. The summed E-state index contributed by atoms with van der Waals surface area (Å²) in [5.74, 6) is 0.811. The lowest BCUT2D eigenvalue weighted by atomic mass is 10.2. The van der Waals surface area contributed by atoms with Gasteiger partial charge in [-0.1, -0.05) is 12.1 Å². The molecule has 2 heterocycles. The number of benzene rings is 1. The number of carbonyl (C=O) groups is 1. The van der Waals surface area contributed by atoms with Crippen molar-refractivity contribution in [1.82, 2.24) is 9.55 Å². The number of nitrogens with zero attached hydrogens (tertiary/aromatic N) is 1. The predicted molar refractivity (Wildman–Crippen MR) is 66.7 cm³/mol. The summed E-state index contributed by atoms with van der Waals surface area (Å²) in [6, 6.07) is 7.73. The monoisotopic (exact) mass is 228 g/mol. The summed E-state index contributed by atoms with van der Waals surface area (Å²) in [7, 11) is 3.54. The van der Waals surface area contributed by atoms with Crippen molar-refractivity contribution < 1.29 is 9.53 Å². The largest absolute Gasteiger partial charge is 0.495 e. The fourth-order valence-electron chi connectivity index (χ4n) is 2.32. The lowest BCUT2D eigenvalue weighted by Crippen LogP contribution is -1.93. The first-order valence-corrected chi connectivity index (χ1v) is 5.35. The fourth-order valence-corrected chi connectivity index (χ4v) is 2.32. The third kappa shape index (κ3) is 1.21. The Labute approximate surface area is 97.8 Å². The van der Waals surface area contributed by atoms with Crippen LogP contribution in [0.25, 0.3) is 21.9 Å². The van der Waals surface area contributed by atoms with Crippen LogP contribution in [0.5, 0.6) is 5.75 Å².